The first-order chi connectivity index (χ1) is 14.2. The molecule has 5 rings (SSSR count). The van der Waals surface area contributed by atoms with E-state index < -0.39 is 0 Å². The molecule has 0 aliphatic carbocycles. The first kappa shape index (κ1) is 18.2. The van der Waals surface area contributed by atoms with Crippen LogP contribution in [0.25, 0.3) is 32.0 Å². The lowest BCUT2D eigenvalue weighted by molar-refractivity contribution is 0.0731. The molecule has 4 heterocycles. The van der Waals surface area contributed by atoms with E-state index in [0.29, 0.717) is 34.5 Å². The number of carbonyl (C=O) groups excluding carboxylic acids is 1. The Morgan fingerprint density at radius 3 is 2.86 bits per heavy atom. The van der Waals surface area contributed by atoms with Crippen LogP contribution in [0.5, 0.6) is 0 Å². The van der Waals surface area contributed by atoms with Crippen LogP contribution in [0.15, 0.2) is 42.7 Å². The highest BCUT2D eigenvalue weighted by Gasteiger charge is 2.27. The summed E-state index contributed by atoms with van der Waals surface area (Å²) in [4.78, 5) is 24.9. The number of aromatic amines is 1. The zero-order valence-electron chi connectivity index (χ0n) is 15.4. The van der Waals surface area contributed by atoms with E-state index in [2.05, 4.69) is 20.5 Å². The minimum Gasteiger partial charge on any atom is -0.335 e. The Morgan fingerprint density at radius 2 is 2.07 bits per heavy atom. The predicted molar refractivity (Wildman–Crippen MR) is 114 cm³/mol. The molecule has 1 amide bonds. The third kappa shape index (κ3) is 3.39. The summed E-state index contributed by atoms with van der Waals surface area (Å²) in [6.07, 6.45) is 3.47. The molecule has 1 aromatic carbocycles. The third-order valence-electron chi connectivity index (χ3n) is 4.89. The van der Waals surface area contributed by atoms with Crippen LogP contribution >= 0.6 is 22.9 Å². The molecule has 7 nitrogen and oxygen atoms in total. The molecule has 1 aliphatic rings. The largest absolute Gasteiger partial charge is 0.335 e. The molecule has 29 heavy (non-hydrogen) atoms. The fourth-order valence-corrected chi connectivity index (χ4v) is 4.65. The number of hydrogen-bond donors (Lipinski definition) is 2. The van der Waals surface area contributed by atoms with Crippen molar-refractivity contribution in [2.45, 2.75) is 0 Å². The van der Waals surface area contributed by atoms with E-state index in [1.807, 2.05) is 35.2 Å². The van der Waals surface area contributed by atoms with E-state index in [4.69, 9.17) is 16.6 Å². The average molecular weight is 425 g/mol. The molecule has 0 radical (unpaired) electrons. The van der Waals surface area contributed by atoms with Crippen LogP contribution in [0.2, 0.25) is 5.02 Å². The first-order valence-corrected chi connectivity index (χ1v) is 10.5. The minimum atomic E-state index is -0.0595. The molecule has 4 aromatic rings. The second-order valence-corrected chi connectivity index (χ2v) is 8.18. The number of rotatable bonds is 3. The molecule has 1 aliphatic heterocycles. The van der Waals surface area contributed by atoms with E-state index >= 15 is 0 Å². The lowest BCUT2D eigenvalue weighted by Crippen LogP contribution is -2.46. The maximum Gasteiger partial charge on any atom is 0.274 e. The van der Waals surface area contributed by atoms with E-state index in [9.17, 15) is 4.79 Å². The number of halogens is 1. The molecule has 9 heteroatoms. The molecule has 0 saturated carbocycles. The van der Waals surface area contributed by atoms with Crippen LogP contribution in [0, 0.1) is 0 Å². The Kier molecular flexibility index (Phi) is 4.75. The van der Waals surface area contributed by atoms with Crippen molar-refractivity contribution in [1.29, 1.82) is 0 Å². The molecule has 2 N–H and O–H groups in total. The number of thiazole rings is 1. The summed E-state index contributed by atoms with van der Waals surface area (Å²) >= 11 is 7.54. The number of nitrogens with one attached hydrogen (secondary N) is 2. The zero-order valence-corrected chi connectivity index (χ0v) is 16.9. The van der Waals surface area contributed by atoms with Gasteiger partial charge >= 0.3 is 0 Å². The third-order valence-corrected chi connectivity index (χ3v) is 6.23. The molecular weight excluding hydrogens is 408 g/mol. The van der Waals surface area contributed by atoms with E-state index in [1.54, 1.807) is 12.4 Å². The van der Waals surface area contributed by atoms with Gasteiger partial charge in [-0.05, 0) is 24.3 Å². The fourth-order valence-electron chi connectivity index (χ4n) is 3.43. The van der Waals surface area contributed by atoms with Gasteiger partial charge in [0, 0.05) is 54.5 Å². The molecule has 0 spiro atoms. The summed E-state index contributed by atoms with van der Waals surface area (Å²) in [5.41, 5.74) is 2.87. The van der Waals surface area contributed by atoms with Crippen molar-refractivity contribution in [3.63, 3.8) is 0 Å². The number of H-pyrrole nitrogens is 1. The van der Waals surface area contributed by atoms with Crippen molar-refractivity contribution in [3.8, 4) is 21.1 Å². The Morgan fingerprint density at radius 1 is 1.21 bits per heavy atom. The highest BCUT2D eigenvalue weighted by Crippen LogP contribution is 2.37. The van der Waals surface area contributed by atoms with Crippen molar-refractivity contribution < 1.29 is 4.79 Å². The number of pyridine rings is 1. The summed E-state index contributed by atoms with van der Waals surface area (Å²) in [5.74, 6) is -0.0595. The fraction of sp³-hybridized carbons (Fsp3) is 0.200. The van der Waals surface area contributed by atoms with Gasteiger partial charge in [-0.2, -0.15) is 5.10 Å². The maximum atomic E-state index is 13.3. The maximum absolute atomic E-state index is 13.3. The standard InChI is InChI=1S/C20H17ClN6OS/c21-13-3-4-14-15(10-13)25-26-16(14)19-24-17(20(28)27-8-6-22-7-9-27)18(29-19)12-2-1-5-23-11-12/h1-5,10-11,22H,6-9H2,(H,25,26). The number of amides is 1. The topological polar surface area (TPSA) is 86.8 Å². The van der Waals surface area contributed by atoms with Crippen LogP contribution in [-0.4, -0.2) is 57.2 Å². The highest BCUT2D eigenvalue weighted by atomic mass is 35.5. The number of fused-ring (bicyclic) bond motifs is 1. The van der Waals surface area contributed by atoms with Crippen molar-refractivity contribution >= 4 is 39.7 Å². The van der Waals surface area contributed by atoms with E-state index in [-0.39, 0.29) is 5.91 Å². The van der Waals surface area contributed by atoms with Crippen LogP contribution < -0.4 is 5.32 Å². The van der Waals surface area contributed by atoms with Gasteiger partial charge in [0.1, 0.15) is 16.4 Å². The quantitative estimate of drug-likeness (QED) is 0.526. The average Bonchev–Trinajstić information content (AvgIpc) is 3.38. The monoisotopic (exact) mass is 424 g/mol. The smallest absolute Gasteiger partial charge is 0.274 e. The number of carbonyl (C=O) groups is 1. The molecular formula is C20H17ClN6OS. The number of hydrogen-bond acceptors (Lipinski definition) is 6. The summed E-state index contributed by atoms with van der Waals surface area (Å²) in [6, 6.07) is 9.38. The van der Waals surface area contributed by atoms with Crippen LogP contribution in [0.3, 0.4) is 0 Å². The van der Waals surface area contributed by atoms with Crippen LogP contribution in [0.4, 0.5) is 0 Å². The van der Waals surface area contributed by atoms with Crippen molar-refractivity contribution in [2.75, 3.05) is 26.2 Å². The Balaban J connectivity index is 1.63. The Hall–Kier alpha value is -2.81. The summed E-state index contributed by atoms with van der Waals surface area (Å²) in [6.45, 7) is 2.91. The second-order valence-electron chi connectivity index (χ2n) is 6.74. The highest BCUT2D eigenvalue weighted by molar-refractivity contribution is 7.18. The Labute approximate surface area is 175 Å². The molecule has 0 bridgehead atoms. The van der Waals surface area contributed by atoms with Gasteiger partial charge in [0.2, 0.25) is 0 Å². The number of nitrogens with zero attached hydrogens (tertiary/aromatic N) is 4. The number of benzene rings is 1. The minimum absolute atomic E-state index is 0.0595. The van der Waals surface area contributed by atoms with Gasteiger partial charge in [-0.1, -0.05) is 17.7 Å². The van der Waals surface area contributed by atoms with Crippen molar-refractivity contribution in [2.24, 2.45) is 0 Å². The summed E-state index contributed by atoms with van der Waals surface area (Å²) in [7, 11) is 0. The van der Waals surface area contributed by atoms with Crippen molar-refractivity contribution in [1.82, 2.24) is 30.4 Å². The van der Waals surface area contributed by atoms with Gasteiger partial charge in [0.15, 0.2) is 0 Å². The normalized spacial score (nSPS) is 14.4. The summed E-state index contributed by atoms with van der Waals surface area (Å²) in [5, 5.41) is 13.0. The SMILES string of the molecule is O=C(c1nc(-c2n[nH]c3cc(Cl)ccc23)sc1-c1cccnc1)N1CCNCC1. The van der Waals surface area contributed by atoms with Gasteiger partial charge in [0.25, 0.3) is 5.91 Å². The first-order valence-electron chi connectivity index (χ1n) is 9.26. The number of piperazine rings is 1. The van der Waals surface area contributed by atoms with Gasteiger partial charge in [-0.15, -0.1) is 11.3 Å². The lowest BCUT2D eigenvalue weighted by atomic mass is 10.2. The van der Waals surface area contributed by atoms with Crippen LogP contribution in [0.1, 0.15) is 10.5 Å². The van der Waals surface area contributed by atoms with Gasteiger partial charge in [-0.25, -0.2) is 4.98 Å². The van der Waals surface area contributed by atoms with Gasteiger partial charge in [0.05, 0.1) is 10.4 Å². The van der Waals surface area contributed by atoms with E-state index in [1.165, 1.54) is 11.3 Å². The lowest BCUT2D eigenvalue weighted by Gasteiger charge is -2.27. The number of aromatic nitrogens is 4. The van der Waals surface area contributed by atoms with Gasteiger partial charge in [-0.3, -0.25) is 14.9 Å². The molecule has 1 fully saturated rings. The zero-order chi connectivity index (χ0) is 19.8. The molecule has 0 unspecified atom stereocenters. The molecule has 1 saturated heterocycles. The van der Waals surface area contributed by atoms with E-state index in [0.717, 1.165) is 34.4 Å². The predicted octanol–water partition coefficient (Wildman–Crippen LogP) is 3.45. The molecule has 3 aromatic heterocycles. The van der Waals surface area contributed by atoms with Crippen LogP contribution in [-0.2, 0) is 0 Å². The van der Waals surface area contributed by atoms with Crippen molar-refractivity contribution in [3.05, 3.63) is 53.4 Å². The second kappa shape index (κ2) is 7.55. The summed E-state index contributed by atoms with van der Waals surface area (Å²) < 4.78 is 0. The Bertz CT molecular complexity index is 1180. The van der Waals surface area contributed by atoms with Gasteiger partial charge < -0.3 is 10.2 Å². The molecule has 0 atom stereocenters. The molecule has 146 valence electrons.